The predicted molar refractivity (Wildman–Crippen MR) is 70.1 cm³/mol. The van der Waals surface area contributed by atoms with Gasteiger partial charge in [0.2, 0.25) is 0 Å². The van der Waals surface area contributed by atoms with Crippen LogP contribution >= 0.6 is 24.0 Å². The quantitative estimate of drug-likeness (QED) is 0.773. The lowest BCUT2D eigenvalue weighted by Gasteiger charge is -2.17. The van der Waals surface area contributed by atoms with Crippen molar-refractivity contribution in [2.45, 2.75) is 11.8 Å². The normalized spacial score (nSPS) is 16.8. The van der Waals surface area contributed by atoms with Crippen LogP contribution in [-0.4, -0.2) is 29.3 Å². The highest BCUT2D eigenvalue weighted by Gasteiger charge is 2.30. The molecule has 0 atom stereocenters. The monoisotopic (exact) mass is 273 g/mol. The van der Waals surface area contributed by atoms with E-state index in [4.69, 9.17) is 12.2 Å². The molecule has 0 bridgehead atoms. The van der Waals surface area contributed by atoms with Crippen LogP contribution in [0.1, 0.15) is 5.56 Å². The van der Waals surface area contributed by atoms with Gasteiger partial charge in [0, 0.05) is 12.3 Å². The van der Waals surface area contributed by atoms with Crippen molar-refractivity contribution in [3.05, 3.63) is 29.8 Å². The molecule has 1 saturated heterocycles. The molecule has 1 fully saturated rings. The summed E-state index contributed by atoms with van der Waals surface area (Å²) >= 11 is 6.43. The molecule has 0 spiro atoms. The molecule has 0 radical (unpaired) electrons. The van der Waals surface area contributed by atoms with E-state index in [1.165, 1.54) is 16.1 Å². The Kier molecular flexibility index (Phi) is 3.23. The lowest BCUT2D eigenvalue weighted by Crippen LogP contribution is -2.30. The van der Waals surface area contributed by atoms with Crippen molar-refractivity contribution in [1.82, 2.24) is 4.31 Å². The van der Waals surface area contributed by atoms with E-state index in [2.05, 4.69) is 0 Å². The van der Waals surface area contributed by atoms with Crippen LogP contribution in [0.15, 0.2) is 29.2 Å². The molecule has 0 unspecified atom stereocenters. The van der Waals surface area contributed by atoms with Crippen LogP contribution < -0.4 is 0 Å². The van der Waals surface area contributed by atoms with Crippen molar-refractivity contribution in [1.29, 1.82) is 0 Å². The summed E-state index contributed by atoms with van der Waals surface area (Å²) in [4.78, 5) is 0.308. The van der Waals surface area contributed by atoms with E-state index in [1.807, 2.05) is 6.92 Å². The van der Waals surface area contributed by atoms with Crippen molar-refractivity contribution in [3.63, 3.8) is 0 Å². The number of hydrogen-bond acceptors (Lipinski definition) is 4. The second kappa shape index (κ2) is 4.35. The zero-order chi connectivity index (χ0) is 11.8. The maximum Gasteiger partial charge on any atom is 0.265 e. The molecule has 0 N–H and O–H groups in total. The Bertz CT molecular complexity index is 507. The van der Waals surface area contributed by atoms with E-state index in [0.717, 1.165) is 11.3 Å². The lowest BCUT2D eigenvalue weighted by molar-refractivity contribution is 0.542. The Labute approximate surface area is 105 Å². The van der Waals surface area contributed by atoms with Gasteiger partial charge in [0.1, 0.15) is 4.32 Å². The van der Waals surface area contributed by atoms with Crippen molar-refractivity contribution >= 4 is 38.3 Å². The summed E-state index contributed by atoms with van der Waals surface area (Å²) in [6.45, 7) is 2.40. The summed E-state index contributed by atoms with van der Waals surface area (Å²) in [5.41, 5.74) is 1.04. The minimum Gasteiger partial charge on any atom is -0.250 e. The smallest absolute Gasteiger partial charge is 0.250 e. The third kappa shape index (κ3) is 2.09. The topological polar surface area (TPSA) is 37.4 Å². The maximum absolute atomic E-state index is 12.2. The fourth-order valence-corrected chi connectivity index (χ4v) is 4.58. The number of benzene rings is 1. The molecule has 16 heavy (non-hydrogen) atoms. The first-order valence-corrected chi connectivity index (χ1v) is 7.61. The molecule has 1 aromatic carbocycles. The van der Waals surface area contributed by atoms with Crippen LogP contribution in [0.25, 0.3) is 0 Å². The van der Waals surface area contributed by atoms with Crippen LogP contribution in [0.5, 0.6) is 0 Å². The first kappa shape index (κ1) is 11.9. The summed E-state index contributed by atoms with van der Waals surface area (Å²) in [5, 5.41) is 0. The van der Waals surface area contributed by atoms with Crippen molar-refractivity contribution in [2.24, 2.45) is 0 Å². The number of thioether (sulfide) groups is 1. The molecule has 1 aliphatic heterocycles. The molecule has 86 valence electrons. The molecule has 2 rings (SSSR count). The van der Waals surface area contributed by atoms with E-state index < -0.39 is 10.0 Å². The molecular formula is C10H11NO2S3. The molecule has 0 amide bonds. The molecule has 3 nitrogen and oxygen atoms in total. The van der Waals surface area contributed by atoms with Gasteiger partial charge in [0.15, 0.2) is 0 Å². The zero-order valence-electron chi connectivity index (χ0n) is 8.71. The molecule has 0 aromatic heterocycles. The second-order valence-electron chi connectivity index (χ2n) is 3.50. The van der Waals surface area contributed by atoms with Crippen molar-refractivity contribution < 1.29 is 8.42 Å². The Hall–Kier alpha value is -0.590. The Morgan fingerprint density at radius 3 is 2.44 bits per heavy atom. The first-order valence-electron chi connectivity index (χ1n) is 4.78. The highest BCUT2D eigenvalue weighted by atomic mass is 32.2. The number of thiocarbonyl (C=S) groups is 1. The molecule has 1 heterocycles. The predicted octanol–water partition coefficient (Wildman–Crippen LogP) is 2.02. The van der Waals surface area contributed by atoms with Gasteiger partial charge in [-0.3, -0.25) is 0 Å². The van der Waals surface area contributed by atoms with Crippen LogP contribution in [-0.2, 0) is 10.0 Å². The van der Waals surface area contributed by atoms with Gasteiger partial charge in [-0.05, 0) is 19.1 Å². The molecular weight excluding hydrogens is 262 g/mol. The minimum absolute atomic E-state index is 0.308. The van der Waals surface area contributed by atoms with Gasteiger partial charge >= 0.3 is 0 Å². The van der Waals surface area contributed by atoms with Gasteiger partial charge in [-0.15, -0.1) is 0 Å². The van der Waals surface area contributed by atoms with Gasteiger partial charge < -0.3 is 0 Å². The fourth-order valence-electron chi connectivity index (χ4n) is 1.43. The van der Waals surface area contributed by atoms with Crippen LogP contribution in [0.4, 0.5) is 0 Å². The van der Waals surface area contributed by atoms with Gasteiger partial charge in [-0.1, -0.05) is 41.7 Å². The highest BCUT2D eigenvalue weighted by molar-refractivity contribution is 8.24. The zero-order valence-corrected chi connectivity index (χ0v) is 11.2. The van der Waals surface area contributed by atoms with E-state index in [9.17, 15) is 8.42 Å². The molecule has 6 heteroatoms. The Balaban J connectivity index is 2.39. The number of nitrogens with zero attached hydrogens (tertiary/aromatic N) is 1. The summed E-state index contributed by atoms with van der Waals surface area (Å²) in [7, 11) is -3.43. The number of hydrogen-bond donors (Lipinski definition) is 0. The van der Waals surface area contributed by atoms with Gasteiger partial charge in [0.25, 0.3) is 10.0 Å². The summed E-state index contributed by atoms with van der Waals surface area (Å²) < 4.78 is 26.1. The molecule has 0 saturated carbocycles. The van der Waals surface area contributed by atoms with Crippen LogP contribution in [0.3, 0.4) is 0 Å². The standard InChI is InChI=1S/C10H11NO2S3/c1-8-2-4-9(5-3-8)16(12,13)11-6-7-15-10(11)14/h2-5H,6-7H2,1H3. The van der Waals surface area contributed by atoms with Gasteiger partial charge in [-0.25, -0.2) is 12.7 Å². The first-order chi connectivity index (χ1) is 7.51. The highest BCUT2D eigenvalue weighted by Crippen LogP contribution is 2.25. The average molecular weight is 273 g/mol. The fraction of sp³-hybridized carbons (Fsp3) is 0.300. The average Bonchev–Trinajstić information content (AvgIpc) is 2.66. The van der Waals surface area contributed by atoms with Crippen molar-refractivity contribution in [3.8, 4) is 0 Å². The van der Waals surface area contributed by atoms with E-state index >= 15 is 0 Å². The molecule has 0 aliphatic carbocycles. The number of rotatable bonds is 2. The van der Waals surface area contributed by atoms with Crippen LogP contribution in [0.2, 0.25) is 0 Å². The third-order valence-corrected chi connectivity index (χ3v) is 5.80. The Morgan fingerprint density at radius 2 is 1.94 bits per heavy atom. The maximum atomic E-state index is 12.2. The summed E-state index contributed by atoms with van der Waals surface area (Å²) in [6.07, 6.45) is 0. The Morgan fingerprint density at radius 1 is 1.31 bits per heavy atom. The summed E-state index contributed by atoms with van der Waals surface area (Å²) in [5.74, 6) is 0.740. The molecule has 1 aliphatic rings. The molecule has 1 aromatic rings. The van der Waals surface area contributed by atoms with Crippen molar-refractivity contribution in [2.75, 3.05) is 12.3 Å². The minimum atomic E-state index is -3.43. The largest absolute Gasteiger partial charge is 0.265 e. The van der Waals surface area contributed by atoms with E-state index in [1.54, 1.807) is 24.3 Å². The number of sulfonamides is 1. The summed E-state index contributed by atoms with van der Waals surface area (Å²) in [6, 6.07) is 6.82. The number of aryl methyl sites for hydroxylation is 1. The second-order valence-corrected chi connectivity index (χ2v) is 7.10. The lowest BCUT2D eigenvalue weighted by atomic mass is 10.2. The third-order valence-electron chi connectivity index (χ3n) is 2.33. The van der Waals surface area contributed by atoms with Gasteiger partial charge in [0.05, 0.1) is 4.90 Å². The SMILES string of the molecule is Cc1ccc(S(=O)(=O)N2CCSC2=S)cc1. The van der Waals surface area contributed by atoms with E-state index in [-0.39, 0.29) is 0 Å². The van der Waals surface area contributed by atoms with Crippen LogP contribution in [0, 0.1) is 6.92 Å². The van der Waals surface area contributed by atoms with Gasteiger partial charge in [-0.2, -0.15) is 0 Å². The van der Waals surface area contributed by atoms with E-state index in [0.29, 0.717) is 15.8 Å².